The summed E-state index contributed by atoms with van der Waals surface area (Å²) in [5.74, 6) is 1.64. The minimum Gasteiger partial charge on any atom is -0.490 e. The van der Waals surface area contributed by atoms with Crippen LogP contribution in [0, 0.1) is 5.41 Å². The molecule has 5 nitrogen and oxygen atoms in total. The van der Waals surface area contributed by atoms with Gasteiger partial charge in [0.15, 0.2) is 11.5 Å². The normalized spacial score (nSPS) is 19.4. The zero-order valence-electron chi connectivity index (χ0n) is 14.3. The molecule has 132 valence electrons. The van der Waals surface area contributed by atoms with Gasteiger partial charge in [-0.1, -0.05) is 25.3 Å². The molecule has 3 rings (SSSR count). The summed E-state index contributed by atoms with van der Waals surface area (Å²) in [5, 5.41) is 3.04. The van der Waals surface area contributed by atoms with E-state index in [2.05, 4.69) is 5.32 Å². The summed E-state index contributed by atoms with van der Waals surface area (Å²) in [6.07, 6.45) is 7.21. The molecule has 0 unspecified atom stereocenters. The Labute approximate surface area is 143 Å². The number of amides is 1. The molecular weight excluding hydrogens is 304 g/mol. The molecule has 1 fully saturated rings. The van der Waals surface area contributed by atoms with Gasteiger partial charge >= 0.3 is 0 Å². The lowest BCUT2D eigenvalue weighted by atomic mass is 9.71. The van der Waals surface area contributed by atoms with Crippen LogP contribution in [-0.4, -0.2) is 25.7 Å². The first-order valence-corrected chi connectivity index (χ1v) is 9.06. The molecule has 0 atom stereocenters. The predicted molar refractivity (Wildman–Crippen MR) is 93.1 cm³/mol. The van der Waals surface area contributed by atoms with Gasteiger partial charge in [-0.3, -0.25) is 4.79 Å². The summed E-state index contributed by atoms with van der Waals surface area (Å²) >= 11 is 0. The van der Waals surface area contributed by atoms with E-state index in [0.717, 1.165) is 36.3 Å². The van der Waals surface area contributed by atoms with Crippen molar-refractivity contribution in [3.05, 3.63) is 23.8 Å². The van der Waals surface area contributed by atoms with Gasteiger partial charge in [0.2, 0.25) is 5.91 Å². The molecule has 0 spiro atoms. The first kappa shape index (κ1) is 17.1. The second-order valence-electron chi connectivity index (χ2n) is 7.05. The van der Waals surface area contributed by atoms with Crippen LogP contribution in [-0.2, 0) is 11.3 Å². The van der Waals surface area contributed by atoms with E-state index in [-0.39, 0.29) is 11.3 Å². The Morgan fingerprint density at radius 2 is 1.83 bits per heavy atom. The summed E-state index contributed by atoms with van der Waals surface area (Å²) in [6, 6.07) is 5.86. The van der Waals surface area contributed by atoms with Crippen molar-refractivity contribution in [3.8, 4) is 11.5 Å². The third-order valence-electron chi connectivity index (χ3n) is 5.18. The highest BCUT2D eigenvalue weighted by Gasteiger charge is 2.32. The van der Waals surface area contributed by atoms with Gasteiger partial charge in [-0.05, 0) is 42.5 Å². The number of carbonyl (C=O) groups is 1. The van der Waals surface area contributed by atoms with Crippen LogP contribution in [0.5, 0.6) is 11.5 Å². The van der Waals surface area contributed by atoms with E-state index in [1.54, 1.807) is 0 Å². The van der Waals surface area contributed by atoms with Gasteiger partial charge in [-0.25, -0.2) is 0 Å². The number of carbonyl (C=O) groups excluding carboxylic acids is 1. The predicted octanol–water partition coefficient (Wildman–Crippen LogP) is 2.76. The van der Waals surface area contributed by atoms with Gasteiger partial charge in [0, 0.05) is 19.4 Å². The summed E-state index contributed by atoms with van der Waals surface area (Å²) in [7, 11) is 0. The van der Waals surface area contributed by atoms with Crippen LogP contribution in [0.15, 0.2) is 18.2 Å². The van der Waals surface area contributed by atoms with Crippen LogP contribution in [0.3, 0.4) is 0 Å². The number of ether oxygens (including phenoxy) is 2. The molecule has 1 amide bonds. The second-order valence-corrected chi connectivity index (χ2v) is 7.05. The lowest BCUT2D eigenvalue weighted by molar-refractivity contribution is -0.124. The standard InChI is InChI=1S/C19H28N2O3/c20-14-19(7-2-1-3-8-19)12-18(22)21-13-15-5-6-16-17(11-15)24-10-4-9-23-16/h5-6,11H,1-4,7-10,12-14,20H2,(H,21,22). The molecule has 1 heterocycles. The van der Waals surface area contributed by atoms with Crippen molar-refractivity contribution in [2.45, 2.75) is 51.5 Å². The Bertz CT molecular complexity index is 568. The van der Waals surface area contributed by atoms with Crippen molar-refractivity contribution in [1.29, 1.82) is 0 Å². The lowest BCUT2D eigenvalue weighted by Gasteiger charge is -2.35. The maximum absolute atomic E-state index is 12.4. The topological polar surface area (TPSA) is 73.6 Å². The van der Waals surface area contributed by atoms with Crippen LogP contribution in [0.4, 0.5) is 0 Å². The number of rotatable bonds is 5. The highest BCUT2D eigenvalue weighted by molar-refractivity contribution is 5.76. The Morgan fingerprint density at radius 3 is 2.58 bits per heavy atom. The van der Waals surface area contributed by atoms with Gasteiger partial charge in [-0.2, -0.15) is 0 Å². The molecule has 1 aromatic carbocycles. The highest BCUT2D eigenvalue weighted by atomic mass is 16.5. The first-order chi connectivity index (χ1) is 11.7. The Morgan fingerprint density at radius 1 is 1.08 bits per heavy atom. The number of nitrogens with one attached hydrogen (secondary N) is 1. The van der Waals surface area contributed by atoms with E-state index in [1.165, 1.54) is 19.3 Å². The quantitative estimate of drug-likeness (QED) is 0.869. The molecule has 1 aliphatic carbocycles. The van der Waals surface area contributed by atoms with E-state index in [9.17, 15) is 4.79 Å². The van der Waals surface area contributed by atoms with Crippen LogP contribution in [0.2, 0.25) is 0 Å². The fourth-order valence-corrected chi connectivity index (χ4v) is 3.68. The molecule has 0 bridgehead atoms. The lowest BCUT2D eigenvalue weighted by Crippen LogP contribution is -2.38. The molecule has 1 aliphatic heterocycles. The van der Waals surface area contributed by atoms with Gasteiger partial charge in [0.25, 0.3) is 0 Å². The molecule has 0 aromatic heterocycles. The van der Waals surface area contributed by atoms with Crippen molar-refractivity contribution in [3.63, 3.8) is 0 Å². The number of fused-ring (bicyclic) bond motifs is 1. The minimum absolute atomic E-state index is 0.00700. The number of hydrogen-bond donors (Lipinski definition) is 2. The molecule has 2 aliphatic rings. The minimum atomic E-state index is 0.00700. The van der Waals surface area contributed by atoms with Crippen molar-refractivity contribution in [2.75, 3.05) is 19.8 Å². The van der Waals surface area contributed by atoms with Gasteiger partial charge in [0.05, 0.1) is 13.2 Å². The third kappa shape index (κ3) is 4.20. The number of benzene rings is 1. The summed E-state index contributed by atoms with van der Waals surface area (Å²) in [5.41, 5.74) is 7.01. The van der Waals surface area contributed by atoms with Crippen molar-refractivity contribution in [2.24, 2.45) is 11.1 Å². The smallest absolute Gasteiger partial charge is 0.220 e. The van der Waals surface area contributed by atoms with Gasteiger partial charge in [-0.15, -0.1) is 0 Å². The average molecular weight is 332 g/mol. The van der Waals surface area contributed by atoms with Crippen LogP contribution >= 0.6 is 0 Å². The average Bonchev–Trinajstić information content (AvgIpc) is 2.85. The van der Waals surface area contributed by atoms with Crippen LogP contribution in [0.1, 0.15) is 50.5 Å². The summed E-state index contributed by atoms with van der Waals surface area (Å²) < 4.78 is 11.3. The Kier molecular flexibility index (Phi) is 5.61. The fraction of sp³-hybridized carbons (Fsp3) is 0.632. The van der Waals surface area contributed by atoms with Crippen molar-refractivity contribution < 1.29 is 14.3 Å². The van der Waals surface area contributed by atoms with E-state index < -0.39 is 0 Å². The van der Waals surface area contributed by atoms with Crippen LogP contribution < -0.4 is 20.5 Å². The largest absolute Gasteiger partial charge is 0.490 e. The van der Waals surface area contributed by atoms with E-state index in [4.69, 9.17) is 15.2 Å². The molecule has 1 saturated carbocycles. The molecule has 0 saturated heterocycles. The maximum Gasteiger partial charge on any atom is 0.220 e. The number of nitrogens with two attached hydrogens (primary N) is 1. The van der Waals surface area contributed by atoms with Crippen molar-refractivity contribution in [1.82, 2.24) is 5.32 Å². The first-order valence-electron chi connectivity index (χ1n) is 9.06. The number of hydrogen-bond acceptors (Lipinski definition) is 4. The highest BCUT2D eigenvalue weighted by Crippen LogP contribution is 2.38. The summed E-state index contributed by atoms with van der Waals surface area (Å²) in [6.45, 7) is 2.46. The molecule has 5 heteroatoms. The van der Waals surface area contributed by atoms with Crippen LogP contribution in [0.25, 0.3) is 0 Å². The fourth-order valence-electron chi connectivity index (χ4n) is 3.68. The van der Waals surface area contributed by atoms with Gasteiger partial charge in [0.1, 0.15) is 0 Å². The molecule has 3 N–H and O–H groups in total. The zero-order chi connectivity index (χ0) is 16.8. The van der Waals surface area contributed by atoms with E-state index in [0.29, 0.717) is 32.7 Å². The Balaban J connectivity index is 1.55. The van der Waals surface area contributed by atoms with E-state index in [1.807, 2.05) is 18.2 Å². The summed E-state index contributed by atoms with van der Waals surface area (Å²) in [4.78, 5) is 12.4. The third-order valence-corrected chi connectivity index (χ3v) is 5.18. The second kappa shape index (κ2) is 7.88. The molecule has 0 radical (unpaired) electrons. The maximum atomic E-state index is 12.4. The zero-order valence-corrected chi connectivity index (χ0v) is 14.3. The molecule has 1 aromatic rings. The molecular formula is C19H28N2O3. The van der Waals surface area contributed by atoms with Gasteiger partial charge < -0.3 is 20.5 Å². The SMILES string of the molecule is NCC1(CC(=O)NCc2ccc3c(c2)OCCCO3)CCCCC1. The van der Waals surface area contributed by atoms with Crippen molar-refractivity contribution >= 4 is 5.91 Å². The molecule has 24 heavy (non-hydrogen) atoms. The monoisotopic (exact) mass is 332 g/mol. The Hall–Kier alpha value is -1.75. The van der Waals surface area contributed by atoms with E-state index >= 15 is 0 Å².